The predicted molar refractivity (Wildman–Crippen MR) is 99.8 cm³/mol. The molecule has 0 unspecified atom stereocenters. The van der Waals surface area contributed by atoms with Gasteiger partial charge in [0, 0.05) is 12.1 Å². The standard InChI is InChI=1S/C20H12F7NO3S/c1-10-2-4-13(5-3-10)32(29,30)28-12-8-16(23)19(17(24)9-12)31-18-14(21)6-11(7-15(18)22)20(25,26)27/h2-9,28H,1H3. The van der Waals surface area contributed by atoms with Crippen LogP contribution in [0.3, 0.4) is 0 Å². The molecule has 0 saturated carbocycles. The van der Waals surface area contributed by atoms with Crippen LogP contribution in [0.25, 0.3) is 0 Å². The fourth-order valence-corrected chi connectivity index (χ4v) is 3.61. The highest BCUT2D eigenvalue weighted by Gasteiger charge is 2.33. The van der Waals surface area contributed by atoms with Gasteiger partial charge in [-0.2, -0.15) is 13.2 Å². The Balaban J connectivity index is 1.91. The van der Waals surface area contributed by atoms with Crippen LogP contribution in [-0.2, 0) is 16.2 Å². The van der Waals surface area contributed by atoms with E-state index in [-0.39, 0.29) is 17.0 Å². The van der Waals surface area contributed by atoms with Crippen LogP contribution >= 0.6 is 0 Å². The lowest BCUT2D eigenvalue weighted by Crippen LogP contribution is -2.13. The zero-order chi connectivity index (χ0) is 23.8. The number of hydrogen-bond donors (Lipinski definition) is 1. The van der Waals surface area contributed by atoms with Gasteiger partial charge >= 0.3 is 6.18 Å². The molecule has 3 rings (SSSR count). The molecule has 12 heteroatoms. The van der Waals surface area contributed by atoms with Crippen molar-refractivity contribution < 1.29 is 43.9 Å². The summed E-state index contributed by atoms with van der Waals surface area (Å²) < 4.78 is 125. The van der Waals surface area contributed by atoms with Crippen molar-refractivity contribution in [2.75, 3.05) is 4.72 Å². The van der Waals surface area contributed by atoms with Crippen molar-refractivity contribution in [3.8, 4) is 11.5 Å². The van der Waals surface area contributed by atoms with Gasteiger partial charge in [-0.25, -0.2) is 26.0 Å². The summed E-state index contributed by atoms with van der Waals surface area (Å²) in [4.78, 5) is -0.196. The fraction of sp³-hybridized carbons (Fsp3) is 0.100. The minimum atomic E-state index is -5.06. The van der Waals surface area contributed by atoms with Crippen molar-refractivity contribution in [1.82, 2.24) is 0 Å². The van der Waals surface area contributed by atoms with E-state index < -0.39 is 62.2 Å². The maximum atomic E-state index is 14.3. The zero-order valence-corrected chi connectivity index (χ0v) is 16.7. The van der Waals surface area contributed by atoms with Crippen LogP contribution < -0.4 is 9.46 Å². The summed E-state index contributed by atoms with van der Waals surface area (Å²) in [5.74, 6) is -9.64. The largest absolute Gasteiger partial charge is 0.445 e. The van der Waals surface area contributed by atoms with Crippen LogP contribution in [0.4, 0.5) is 36.4 Å². The molecule has 3 aromatic carbocycles. The summed E-state index contributed by atoms with van der Waals surface area (Å²) in [5.41, 5.74) is -1.46. The molecule has 0 amide bonds. The van der Waals surface area contributed by atoms with Gasteiger partial charge < -0.3 is 4.74 Å². The first-order valence-corrected chi connectivity index (χ1v) is 10.1. The molecule has 0 spiro atoms. The molecule has 0 saturated heterocycles. The molecule has 0 aromatic heterocycles. The molecule has 0 heterocycles. The van der Waals surface area contributed by atoms with Crippen molar-refractivity contribution in [3.05, 3.63) is 82.9 Å². The monoisotopic (exact) mass is 479 g/mol. The summed E-state index contributed by atoms with van der Waals surface area (Å²) in [6.07, 6.45) is -5.06. The molecule has 0 radical (unpaired) electrons. The molecule has 170 valence electrons. The lowest BCUT2D eigenvalue weighted by molar-refractivity contribution is -0.138. The Morgan fingerprint density at radius 3 is 1.66 bits per heavy atom. The number of alkyl halides is 3. The Morgan fingerprint density at radius 2 is 1.22 bits per heavy atom. The van der Waals surface area contributed by atoms with Crippen molar-refractivity contribution in [2.45, 2.75) is 18.0 Å². The maximum absolute atomic E-state index is 14.3. The van der Waals surface area contributed by atoms with Crippen LogP contribution in [-0.4, -0.2) is 8.42 Å². The van der Waals surface area contributed by atoms with Gasteiger partial charge in [-0.1, -0.05) is 17.7 Å². The summed E-state index contributed by atoms with van der Waals surface area (Å²) in [6.45, 7) is 1.72. The lowest BCUT2D eigenvalue weighted by atomic mass is 10.2. The van der Waals surface area contributed by atoms with Gasteiger partial charge in [0.2, 0.25) is 0 Å². The first-order chi connectivity index (χ1) is 14.8. The predicted octanol–water partition coefficient (Wildman–Crippen LogP) is 6.16. The molecular weight excluding hydrogens is 467 g/mol. The van der Waals surface area contributed by atoms with Gasteiger partial charge in [0.1, 0.15) is 0 Å². The molecule has 0 fully saturated rings. The Labute approximate surface area is 177 Å². The Bertz CT molecular complexity index is 1230. The maximum Gasteiger partial charge on any atom is 0.416 e. The first-order valence-electron chi connectivity index (χ1n) is 8.60. The number of halogens is 7. The van der Waals surface area contributed by atoms with Crippen molar-refractivity contribution in [3.63, 3.8) is 0 Å². The third kappa shape index (κ3) is 4.96. The van der Waals surface area contributed by atoms with Gasteiger partial charge in [0.15, 0.2) is 34.8 Å². The van der Waals surface area contributed by atoms with Gasteiger partial charge in [-0.15, -0.1) is 0 Å². The summed E-state index contributed by atoms with van der Waals surface area (Å²) in [5, 5.41) is 0. The Hall–Kier alpha value is -3.28. The minimum Gasteiger partial charge on any atom is -0.445 e. The van der Waals surface area contributed by atoms with E-state index in [0.29, 0.717) is 12.1 Å². The number of nitrogens with one attached hydrogen (secondary N) is 1. The number of ether oxygens (including phenoxy) is 1. The lowest BCUT2D eigenvalue weighted by Gasteiger charge is -2.14. The van der Waals surface area contributed by atoms with Crippen molar-refractivity contribution >= 4 is 15.7 Å². The van der Waals surface area contributed by atoms with Crippen LogP contribution in [0.15, 0.2) is 53.4 Å². The molecule has 0 aliphatic heterocycles. The van der Waals surface area contributed by atoms with E-state index in [1.54, 1.807) is 6.92 Å². The van der Waals surface area contributed by atoms with Crippen LogP contribution in [0.2, 0.25) is 0 Å². The molecular formula is C20H12F7NO3S. The first kappa shape index (κ1) is 23.4. The number of benzene rings is 3. The summed E-state index contributed by atoms with van der Waals surface area (Å²) >= 11 is 0. The second kappa shape index (κ2) is 8.34. The number of rotatable bonds is 5. The van der Waals surface area contributed by atoms with E-state index in [1.165, 1.54) is 24.3 Å². The van der Waals surface area contributed by atoms with E-state index >= 15 is 0 Å². The van der Waals surface area contributed by atoms with Crippen molar-refractivity contribution in [2.24, 2.45) is 0 Å². The van der Waals surface area contributed by atoms with Crippen LogP contribution in [0.1, 0.15) is 11.1 Å². The molecule has 0 atom stereocenters. The number of hydrogen-bond acceptors (Lipinski definition) is 3. The molecule has 32 heavy (non-hydrogen) atoms. The Morgan fingerprint density at radius 1 is 0.781 bits per heavy atom. The molecule has 0 aliphatic carbocycles. The molecule has 4 nitrogen and oxygen atoms in total. The van der Waals surface area contributed by atoms with E-state index in [4.69, 9.17) is 0 Å². The molecule has 1 N–H and O–H groups in total. The summed E-state index contributed by atoms with van der Waals surface area (Å²) in [7, 11) is -4.22. The number of sulfonamides is 1. The van der Waals surface area contributed by atoms with E-state index in [1.807, 2.05) is 4.72 Å². The number of aryl methyl sites for hydroxylation is 1. The van der Waals surface area contributed by atoms with Crippen LogP contribution in [0, 0.1) is 30.2 Å². The normalized spacial score (nSPS) is 12.0. The highest BCUT2D eigenvalue weighted by atomic mass is 32.2. The number of anilines is 1. The second-order valence-corrected chi connectivity index (χ2v) is 8.24. The van der Waals surface area contributed by atoms with Gasteiger partial charge in [-0.05, 0) is 31.2 Å². The second-order valence-electron chi connectivity index (χ2n) is 6.56. The SMILES string of the molecule is Cc1ccc(S(=O)(=O)Nc2cc(F)c(Oc3c(F)cc(C(F)(F)F)cc3F)c(F)c2)cc1. The third-order valence-corrected chi connectivity index (χ3v) is 5.51. The Kier molecular flexibility index (Phi) is 6.09. The summed E-state index contributed by atoms with van der Waals surface area (Å²) in [6, 6.07) is 6.28. The molecule has 0 bridgehead atoms. The van der Waals surface area contributed by atoms with E-state index in [0.717, 1.165) is 5.56 Å². The highest BCUT2D eigenvalue weighted by molar-refractivity contribution is 7.92. The van der Waals surface area contributed by atoms with Gasteiger partial charge in [-0.3, -0.25) is 4.72 Å². The van der Waals surface area contributed by atoms with Gasteiger partial charge in [0.25, 0.3) is 10.0 Å². The zero-order valence-electron chi connectivity index (χ0n) is 15.9. The smallest absolute Gasteiger partial charge is 0.416 e. The molecule has 3 aromatic rings. The topological polar surface area (TPSA) is 55.4 Å². The third-order valence-electron chi connectivity index (χ3n) is 4.11. The average Bonchev–Trinajstić information content (AvgIpc) is 2.65. The van der Waals surface area contributed by atoms with E-state index in [2.05, 4.69) is 4.74 Å². The quantitative estimate of drug-likeness (QED) is 0.446. The molecule has 0 aliphatic rings. The average molecular weight is 479 g/mol. The van der Waals surface area contributed by atoms with E-state index in [9.17, 15) is 39.2 Å². The minimum absolute atomic E-state index is 0.0989. The fourth-order valence-electron chi connectivity index (χ4n) is 2.57. The van der Waals surface area contributed by atoms with Gasteiger partial charge in [0.05, 0.1) is 16.1 Å². The van der Waals surface area contributed by atoms with Crippen LogP contribution in [0.5, 0.6) is 11.5 Å². The highest BCUT2D eigenvalue weighted by Crippen LogP contribution is 2.37. The van der Waals surface area contributed by atoms with Crippen molar-refractivity contribution in [1.29, 1.82) is 0 Å².